The molecular formula is C20H25ClN2O3S. The number of halogens is 1. The summed E-state index contributed by atoms with van der Waals surface area (Å²) in [5.74, 6) is 1.62. The number of carbonyl (C=O) groups excluding carboxylic acids is 1. The number of allylic oxidation sites excluding steroid dienone is 1. The van der Waals surface area contributed by atoms with Crippen molar-refractivity contribution >= 4 is 34.7 Å². The number of benzene rings is 1. The lowest BCUT2D eigenvalue weighted by Crippen LogP contribution is -2.46. The quantitative estimate of drug-likeness (QED) is 0.684. The van der Waals surface area contributed by atoms with Gasteiger partial charge in [0.2, 0.25) is 0 Å². The highest BCUT2D eigenvalue weighted by molar-refractivity contribution is 7.80. The molecule has 0 saturated carbocycles. The zero-order chi connectivity index (χ0) is 19.6. The molecule has 0 radical (unpaired) electrons. The van der Waals surface area contributed by atoms with E-state index in [4.69, 9.17) is 33.3 Å². The summed E-state index contributed by atoms with van der Waals surface area (Å²) in [7, 11) is 0. The Kier molecular flexibility index (Phi) is 6.27. The van der Waals surface area contributed by atoms with Crippen molar-refractivity contribution in [1.82, 2.24) is 10.6 Å². The van der Waals surface area contributed by atoms with Crippen molar-refractivity contribution < 1.29 is 14.3 Å². The molecule has 2 N–H and O–H groups in total. The van der Waals surface area contributed by atoms with Crippen molar-refractivity contribution in [3.8, 4) is 11.5 Å². The van der Waals surface area contributed by atoms with Crippen molar-refractivity contribution in [1.29, 1.82) is 0 Å². The van der Waals surface area contributed by atoms with Crippen molar-refractivity contribution in [3.05, 3.63) is 34.0 Å². The zero-order valence-electron chi connectivity index (χ0n) is 15.9. The molecule has 146 valence electrons. The predicted octanol–water partition coefficient (Wildman–Crippen LogP) is 4.30. The molecule has 1 aliphatic carbocycles. The van der Waals surface area contributed by atoms with E-state index in [9.17, 15) is 4.79 Å². The van der Waals surface area contributed by atoms with Crippen LogP contribution in [0, 0.1) is 5.92 Å². The smallest absolute Gasteiger partial charge is 0.179 e. The minimum atomic E-state index is -0.336. The molecule has 1 atom stereocenters. The number of Topliss-reactive ketones (excluding diaryl/α,β-unsaturated/α-hetero) is 1. The van der Waals surface area contributed by atoms with Crippen molar-refractivity contribution in [2.45, 2.75) is 46.1 Å². The van der Waals surface area contributed by atoms with Crippen molar-refractivity contribution in [2.24, 2.45) is 5.92 Å². The van der Waals surface area contributed by atoms with Gasteiger partial charge in [-0.3, -0.25) is 4.79 Å². The van der Waals surface area contributed by atoms with E-state index in [2.05, 4.69) is 24.5 Å². The van der Waals surface area contributed by atoms with Gasteiger partial charge in [0, 0.05) is 17.7 Å². The first-order valence-corrected chi connectivity index (χ1v) is 10.1. The average Bonchev–Trinajstić information content (AvgIpc) is 2.60. The fraction of sp³-hybridized carbons (Fsp3) is 0.500. The molecule has 0 spiro atoms. The largest absolute Gasteiger partial charge is 0.490 e. The summed E-state index contributed by atoms with van der Waals surface area (Å²) < 4.78 is 11.7. The van der Waals surface area contributed by atoms with Crippen LogP contribution in [0.15, 0.2) is 23.4 Å². The van der Waals surface area contributed by atoms with Gasteiger partial charge in [0.15, 0.2) is 22.4 Å². The Balaban J connectivity index is 2.02. The Morgan fingerprint density at radius 2 is 2.07 bits per heavy atom. The van der Waals surface area contributed by atoms with Gasteiger partial charge in [0.25, 0.3) is 0 Å². The lowest BCUT2D eigenvalue weighted by molar-refractivity contribution is -0.116. The molecule has 0 amide bonds. The molecule has 2 aliphatic rings. The average molecular weight is 409 g/mol. The first-order chi connectivity index (χ1) is 12.9. The Morgan fingerprint density at radius 3 is 2.78 bits per heavy atom. The Morgan fingerprint density at radius 1 is 1.30 bits per heavy atom. The monoisotopic (exact) mass is 408 g/mol. The fourth-order valence-corrected chi connectivity index (χ4v) is 3.88. The Labute approximate surface area is 170 Å². The summed E-state index contributed by atoms with van der Waals surface area (Å²) in [6, 6.07) is 3.39. The summed E-state index contributed by atoms with van der Waals surface area (Å²) in [6.45, 7) is 7.10. The van der Waals surface area contributed by atoms with E-state index in [1.165, 1.54) is 0 Å². The SMILES string of the molecule is CCOc1cc(C2NC(=S)NC3=C2C(=O)CCC3)cc(Cl)c1OCC(C)C. The molecule has 7 heteroatoms. The number of ether oxygens (including phenoxy) is 2. The van der Waals surface area contributed by atoms with Gasteiger partial charge in [-0.15, -0.1) is 0 Å². The van der Waals surface area contributed by atoms with Crippen molar-refractivity contribution in [2.75, 3.05) is 13.2 Å². The standard InChI is InChI=1S/C20H25ClN2O3S/c1-4-25-16-9-12(8-13(21)19(16)26-10-11(2)3)18-17-14(22-20(27)23-18)6-5-7-15(17)24/h8-9,11,18H,4-7,10H2,1-3H3,(H2,22,23,27). The van der Waals surface area contributed by atoms with E-state index in [1.807, 2.05) is 19.1 Å². The second-order valence-corrected chi connectivity index (χ2v) is 7.98. The summed E-state index contributed by atoms with van der Waals surface area (Å²) >= 11 is 11.9. The Hall–Kier alpha value is -1.79. The van der Waals surface area contributed by atoms with Gasteiger partial charge >= 0.3 is 0 Å². The lowest BCUT2D eigenvalue weighted by atomic mass is 9.85. The molecule has 0 saturated heterocycles. The normalized spacial score (nSPS) is 19.5. The molecular weight excluding hydrogens is 384 g/mol. The molecule has 1 aromatic rings. The van der Waals surface area contributed by atoms with Crippen LogP contribution in [-0.4, -0.2) is 24.1 Å². The van der Waals surface area contributed by atoms with E-state index in [0.717, 1.165) is 29.7 Å². The van der Waals surface area contributed by atoms with Crippen molar-refractivity contribution in [3.63, 3.8) is 0 Å². The fourth-order valence-electron chi connectivity index (χ4n) is 3.36. The minimum Gasteiger partial charge on any atom is -0.490 e. The second-order valence-electron chi connectivity index (χ2n) is 7.17. The third kappa shape index (κ3) is 4.38. The highest BCUT2D eigenvalue weighted by Gasteiger charge is 2.34. The molecule has 3 rings (SSSR count). The topological polar surface area (TPSA) is 59.6 Å². The molecule has 0 bridgehead atoms. The number of ketones is 1. The molecule has 1 aliphatic heterocycles. The van der Waals surface area contributed by atoms with E-state index in [0.29, 0.717) is 47.2 Å². The van der Waals surface area contributed by atoms with Gasteiger partial charge in [-0.05, 0) is 55.6 Å². The molecule has 5 nitrogen and oxygen atoms in total. The Bertz CT molecular complexity index is 792. The van der Waals surface area contributed by atoms with Crippen LogP contribution in [0.1, 0.15) is 51.6 Å². The van der Waals surface area contributed by atoms with E-state index < -0.39 is 0 Å². The maximum absolute atomic E-state index is 12.6. The molecule has 0 aromatic heterocycles. The van der Waals surface area contributed by atoms with Crippen LogP contribution in [0.3, 0.4) is 0 Å². The van der Waals surface area contributed by atoms with Crippen LogP contribution in [0.5, 0.6) is 11.5 Å². The number of thiocarbonyl (C=S) groups is 1. The molecule has 0 fully saturated rings. The minimum absolute atomic E-state index is 0.137. The van der Waals surface area contributed by atoms with E-state index in [-0.39, 0.29) is 11.8 Å². The summed E-state index contributed by atoms with van der Waals surface area (Å²) in [5, 5.41) is 7.33. The number of hydrogen-bond donors (Lipinski definition) is 2. The van der Waals surface area contributed by atoms with Crippen LogP contribution >= 0.6 is 23.8 Å². The highest BCUT2D eigenvalue weighted by Crippen LogP contribution is 2.41. The van der Waals surface area contributed by atoms with Crippen LogP contribution in [0.25, 0.3) is 0 Å². The van der Waals surface area contributed by atoms with Gasteiger partial charge in [0.05, 0.1) is 24.3 Å². The van der Waals surface area contributed by atoms with Crippen LogP contribution in [0.2, 0.25) is 5.02 Å². The maximum Gasteiger partial charge on any atom is 0.179 e. The number of rotatable bonds is 6. The zero-order valence-corrected chi connectivity index (χ0v) is 17.4. The third-order valence-electron chi connectivity index (χ3n) is 4.51. The van der Waals surface area contributed by atoms with Crippen LogP contribution in [-0.2, 0) is 4.79 Å². The van der Waals surface area contributed by atoms with E-state index in [1.54, 1.807) is 0 Å². The third-order valence-corrected chi connectivity index (χ3v) is 5.01. The summed E-state index contributed by atoms with van der Waals surface area (Å²) in [6.07, 6.45) is 2.21. The number of carbonyl (C=O) groups is 1. The summed E-state index contributed by atoms with van der Waals surface area (Å²) in [4.78, 5) is 12.6. The highest BCUT2D eigenvalue weighted by atomic mass is 35.5. The molecule has 27 heavy (non-hydrogen) atoms. The first-order valence-electron chi connectivity index (χ1n) is 9.33. The van der Waals surface area contributed by atoms with E-state index >= 15 is 0 Å². The van der Waals surface area contributed by atoms with Gasteiger partial charge in [-0.1, -0.05) is 25.4 Å². The maximum atomic E-state index is 12.6. The van der Waals surface area contributed by atoms with Crippen LogP contribution < -0.4 is 20.1 Å². The predicted molar refractivity (Wildman–Crippen MR) is 110 cm³/mol. The van der Waals surface area contributed by atoms with Gasteiger partial charge < -0.3 is 20.1 Å². The lowest BCUT2D eigenvalue weighted by Gasteiger charge is -2.34. The van der Waals surface area contributed by atoms with Gasteiger partial charge in [-0.2, -0.15) is 0 Å². The summed E-state index contributed by atoms with van der Waals surface area (Å²) in [5.41, 5.74) is 2.49. The van der Waals surface area contributed by atoms with Gasteiger partial charge in [-0.25, -0.2) is 0 Å². The van der Waals surface area contributed by atoms with Gasteiger partial charge in [0.1, 0.15) is 0 Å². The number of nitrogens with one attached hydrogen (secondary N) is 2. The molecule has 1 heterocycles. The molecule has 1 aromatic carbocycles. The second kappa shape index (κ2) is 8.48. The molecule has 1 unspecified atom stereocenters. The number of hydrogen-bond acceptors (Lipinski definition) is 4. The first kappa shape index (κ1) is 20.0. The van der Waals surface area contributed by atoms with Crippen LogP contribution in [0.4, 0.5) is 0 Å².